The average molecular weight is 180 g/mol. The molecule has 2 rings (SSSR count). The van der Waals surface area contributed by atoms with E-state index >= 15 is 0 Å². The van der Waals surface area contributed by atoms with Gasteiger partial charge in [-0.15, -0.1) is 0 Å². The van der Waals surface area contributed by atoms with Crippen molar-refractivity contribution in [3.63, 3.8) is 0 Å². The third kappa shape index (κ3) is 1.88. The molecule has 13 heavy (non-hydrogen) atoms. The number of nitrogens with zero attached hydrogens (tertiary/aromatic N) is 2. The van der Waals surface area contributed by atoms with Gasteiger partial charge >= 0.3 is 0 Å². The molecule has 4 heteroatoms. The Kier molecular flexibility index (Phi) is 2.31. The van der Waals surface area contributed by atoms with Crippen LogP contribution in [-0.4, -0.2) is 21.2 Å². The molecule has 0 amide bonds. The SMILES string of the molecule is Cc1nc(C2CCCC(N)C2)n[nH]1. The van der Waals surface area contributed by atoms with Gasteiger partial charge in [-0.25, -0.2) is 4.98 Å². The molecular formula is C9H16N4. The molecule has 2 atom stereocenters. The Balaban J connectivity index is 2.08. The maximum absolute atomic E-state index is 5.90. The van der Waals surface area contributed by atoms with Crippen molar-refractivity contribution in [1.29, 1.82) is 0 Å². The Labute approximate surface area is 77.9 Å². The standard InChI is InChI=1S/C9H16N4/c1-6-11-9(13-12-6)7-3-2-4-8(10)5-7/h7-8H,2-5,10H2,1H3,(H,11,12,13). The number of rotatable bonds is 1. The first-order valence-electron chi connectivity index (χ1n) is 4.90. The largest absolute Gasteiger partial charge is 0.328 e. The van der Waals surface area contributed by atoms with Gasteiger partial charge in [0.25, 0.3) is 0 Å². The summed E-state index contributed by atoms with van der Waals surface area (Å²) in [6, 6.07) is 0.345. The fourth-order valence-electron chi connectivity index (χ4n) is 2.00. The normalized spacial score (nSPS) is 29.1. The first kappa shape index (κ1) is 8.69. The number of aryl methyl sites for hydroxylation is 1. The Hall–Kier alpha value is -0.900. The third-order valence-electron chi connectivity index (χ3n) is 2.69. The lowest BCUT2D eigenvalue weighted by atomic mass is 9.86. The van der Waals surface area contributed by atoms with E-state index in [1.165, 1.54) is 12.8 Å². The van der Waals surface area contributed by atoms with Crippen LogP contribution in [0.4, 0.5) is 0 Å². The Bertz CT molecular complexity index is 281. The topological polar surface area (TPSA) is 67.6 Å². The van der Waals surface area contributed by atoms with Crippen LogP contribution in [0.15, 0.2) is 0 Å². The van der Waals surface area contributed by atoms with Gasteiger partial charge in [-0.2, -0.15) is 5.10 Å². The minimum Gasteiger partial charge on any atom is -0.328 e. The van der Waals surface area contributed by atoms with Crippen molar-refractivity contribution >= 4 is 0 Å². The lowest BCUT2D eigenvalue weighted by molar-refractivity contribution is 0.382. The van der Waals surface area contributed by atoms with E-state index < -0.39 is 0 Å². The fourth-order valence-corrected chi connectivity index (χ4v) is 2.00. The van der Waals surface area contributed by atoms with Gasteiger partial charge in [-0.3, -0.25) is 5.10 Å². The number of aromatic amines is 1. The molecule has 1 aliphatic rings. The van der Waals surface area contributed by atoms with Crippen molar-refractivity contribution < 1.29 is 0 Å². The van der Waals surface area contributed by atoms with E-state index in [-0.39, 0.29) is 0 Å². The van der Waals surface area contributed by atoms with Crippen LogP contribution < -0.4 is 5.73 Å². The summed E-state index contributed by atoms with van der Waals surface area (Å²) in [6.45, 7) is 1.93. The summed E-state index contributed by atoms with van der Waals surface area (Å²) in [4.78, 5) is 4.35. The molecule has 1 aliphatic carbocycles. The van der Waals surface area contributed by atoms with Crippen LogP contribution in [-0.2, 0) is 0 Å². The van der Waals surface area contributed by atoms with E-state index in [9.17, 15) is 0 Å². The summed E-state index contributed by atoms with van der Waals surface area (Å²) in [7, 11) is 0. The summed E-state index contributed by atoms with van der Waals surface area (Å²) in [5, 5.41) is 7.06. The monoisotopic (exact) mass is 180 g/mol. The zero-order valence-corrected chi connectivity index (χ0v) is 7.95. The van der Waals surface area contributed by atoms with Crippen LogP contribution in [0.3, 0.4) is 0 Å². The minimum absolute atomic E-state index is 0.345. The van der Waals surface area contributed by atoms with Gasteiger partial charge in [0.1, 0.15) is 5.82 Å². The van der Waals surface area contributed by atoms with Crippen molar-refractivity contribution in [3.05, 3.63) is 11.6 Å². The van der Waals surface area contributed by atoms with Crippen LogP contribution in [0.5, 0.6) is 0 Å². The smallest absolute Gasteiger partial charge is 0.153 e. The molecule has 1 fully saturated rings. The Morgan fingerprint density at radius 3 is 2.92 bits per heavy atom. The summed E-state index contributed by atoms with van der Waals surface area (Å²) in [5.41, 5.74) is 5.90. The van der Waals surface area contributed by atoms with E-state index in [4.69, 9.17) is 5.73 Å². The maximum atomic E-state index is 5.90. The number of hydrogen-bond acceptors (Lipinski definition) is 3. The highest BCUT2D eigenvalue weighted by Gasteiger charge is 2.23. The molecule has 0 spiro atoms. The lowest BCUT2D eigenvalue weighted by Crippen LogP contribution is -2.27. The second-order valence-electron chi connectivity index (χ2n) is 3.90. The van der Waals surface area contributed by atoms with Gasteiger partial charge in [0.15, 0.2) is 5.82 Å². The van der Waals surface area contributed by atoms with Crippen molar-refractivity contribution in [1.82, 2.24) is 15.2 Å². The highest BCUT2D eigenvalue weighted by molar-refractivity contribution is 4.99. The molecule has 1 aromatic rings. The highest BCUT2D eigenvalue weighted by Crippen LogP contribution is 2.29. The second kappa shape index (κ2) is 3.46. The first-order valence-corrected chi connectivity index (χ1v) is 4.90. The number of nitrogens with one attached hydrogen (secondary N) is 1. The van der Waals surface area contributed by atoms with Gasteiger partial charge in [-0.1, -0.05) is 6.42 Å². The number of aromatic nitrogens is 3. The molecule has 1 aromatic heterocycles. The van der Waals surface area contributed by atoms with Gasteiger partial charge < -0.3 is 5.73 Å². The zero-order valence-electron chi connectivity index (χ0n) is 7.95. The molecule has 1 heterocycles. The quantitative estimate of drug-likeness (QED) is 0.680. The summed E-state index contributed by atoms with van der Waals surface area (Å²) in [6.07, 6.45) is 4.58. The number of nitrogens with two attached hydrogens (primary N) is 1. The fraction of sp³-hybridized carbons (Fsp3) is 0.778. The average Bonchev–Trinajstić information content (AvgIpc) is 2.52. The molecule has 1 saturated carbocycles. The van der Waals surface area contributed by atoms with Gasteiger partial charge in [-0.05, 0) is 26.2 Å². The van der Waals surface area contributed by atoms with Crippen molar-refractivity contribution in [2.45, 2.75) is 44.6 Å². The maximum Gasteiger partial charge on any atom is 0.153 e. The lowest BCUT2D eigenvalue weighted by Gasteiger charge is -2.24. The highest BCUT2D eigenvalue weighted by atomic mass is 15.2. The molecule has 0 bridgehead atoms. The predicted molar refractivity (Wildman–Crippen MR) is 50.3 cm³/mol. The van der Waals surface area contributed by atoms with Crippen molar-refractivity contribution in [2.24, 2.45) is 5.73 Å². The summed E-state index contributed by atoms with van der Waals surface area (Å²) >= 11 is 0. The van der Waals surface area contributed by atoms with Crippen molar-refractivity contribution in [3.8, 4) is 0 Å². The zero-order chi connectivity index (χ0) is 9.26. The van der Waals surface area contributed by atoms with Crippen LogP contribution in [0.25, 0.3) is 0 Å². The third-order valence-corrected chi connectivity index (χ3v) is 2.69. The molecule has 4 nitrogen and oxygen atoms in total. The molecule has 0 radical (unpaired) electrons. The van der Waals surface area contributed by atoms with E-state index in [2.05, 4.69) is 15.2 Å². The van der Waals surface area contributed by atoms with E-state index in [0.717, 1.165) is 24.5 Å². The van der Waals surface area contributed by atoms with E-state index in [1.54, 1.807) is 0 Å². The van der Waals surface area contributed by atoms with Gasteiger partial charge in [0.05, 0.1) is 0 Å². The van der Waals surface area contributed by atoms with Crippen LogP contribution in [0.1, 0.15) is 43.3 Å². The molecule has 0 saturated heterocycles. The molecule has 0 aromatic carbocycles. The number of hydrogen-bond donors (Lipinski definition) is 2. The Morgan fingerprint density at radius 1 is 1.46 bits per heavy atom. The second-order valence-corrected chi connectivity index (χ2v) is 3.90. The molecule has 72 valence electrons. The first-order chi connectivity index (χ1) is 6.25. The number of H-pyrrole nitrogens is 1. The van der Waals surface area contributed by atoms with Crippen LogP contribution >= 0.6 is 0 Å². The summed E-state index contributed by atoms with van der Waals surface area (Å²) < 4.78 is 0. The van der Waals surface area contributed by atoms with Crippen LogP contribution in [0.2, 0.25) is 0 Å². The van der Waals surface area contributed by atoms with Gasteiger partial charge in [0.2, 0.25) is 0 Å². The van der Waals surface area contributed by atoms with E-state index in [1.807, 2.05) is 6.92 Å². The van der Waals surface area contributed by atoms with Crippen LogP contribution in [0, 0.1) is 6.92 Å². The van der Waals surface area contributed by atoms with Gasteiger partial charge in [0, 0.05) is 12.0 Å². The van der Waals surface area contributed by atoms with Crippen molar-refractivity contribution in [2.75, 3.05) is 0 Å². The molecule has 2 unspecified atom stereocenters. The summed E-state index contributed by atoms with van der Waals surface area (Å²) in [5.74, 6) is 2.33. The Morgan fingerprint density at radius 2 is 2.31 bits per heavy atom. The molecule has 0 aliphatic heterocycles. The minimum atomic E-state index is 0.345. The molecular weight excluding hydrogens is 164 g/mol. The van der Waals surface area contributed by atoms with E-state index in [0.29, 0.717) is 12.0 Å². The predicted octanol–water partition coefficient (Wildman–Crippen LogP) is 1.10. The molecule has 3 N–H and O–H groups in total.